The number of thiophene rings is 1. The topological polar surface area (TPSA) is 42.7 Å². The van der Waals surface area contributed by atoms with Crippen molar-refractivity contribution in [3.05, 3.63) is 22.8 Å². The van der Waals surface area contributed by atoms with Crippen molar-refractivity contribution >= 4 is 11.3 Å². The summed E-state index contributed by atoms with van der Waals surface area (Å²) in [4.78, 5) is 2.53. The third-order valence-corrected chi connectivity index (χ3v) is 3.58. The van der Waals surface area contributed by atoms with Crippen molar-refractivity contribution in [2.75, 3.05) is 6.54 Å². The molecule has 0 radical (unpaired) electrons. The van der Waals surface area contributed by atoms with Gasteiger partial charge in [0.15, 0.2) is 5.82 Å². The predicted molar refractivity (Wildman–Crippen MR) is 59.8 cm³/mol. The van der Waals surface area contributed by atoms with Gasteiger partial charge in [-0.2, -0.15) is 0 Å². The summed E-state index contributed by atoms with van der Waals surface area (Å²) in [5.41, 5.74) is 0. The van der Waals surface area contributed by atoms with Crippen molar-refractivity contribution in [2.24, 2.45) is 0 Å². The van der Waals surface area contributed by atoms with Crippen LogP contribution in [-0.4, -0.2) is 21.3 Å². The van der Waals surface area contributed by atoms with E-state index < -0.39 is 0 Å². The first-order valence-electron chi connectivity index (χ1n) is 5.04. The fourth-order valence-electron chi connectivity index (χ4n) is 1.83. The van der Waals surface area contributed by atoms with Crippen molar-refractivity contribution in [1.29, 1.82) is 0 Å². The van der Waals surface area contributed by atoms with E-state index in [2.05, 4.69) is 39.1 Å². The quantitative estimate of drug-likeness (QED) is 0.790. The molecule has 0 amide bonds. The van der Waals surface area contributed by atoms with Crippen LogP contribution in [0.2, 0.25) is 0 Å². The number of fused-ring (bicyclic) bond motifs is 1. The number of hydrogen-bond donors (Lipinski definition) is 1. The van der Waals surface area contributed by atoms with E-state index in [0.717, 1.165) is 31.3 Å². The molecule has 2 aromatic heterocycles. The van der Waals surface area contributed by atoms with Gasteiger partial charge in [0.05, 0.1) is 11.4 Å². The molecule has 3 rings (SSSR count). The predicted octanol–water partition coefficient (Wildman–Crippen LogP) is 1.42. The number of nitrogens with zero attached hydrogens (tertiary/aromatic N) is 3. The van der Waals surface area contributed by atoms with Gasteiger partial charge in [0, 0.05) is 18.0 Å². The molecule has 3 heterocycles. The van der Waals surface area contributed by atoms with Gasteiger partial charge in [0.2, 0.25) is 0 Å². The van der Waals surface area contributed by atoms with Crippen LogP contribution in [0.15, 0.2) is 12.1 Å². The van der Waals surface area contributed by atoms with E-state index >= 15 is 0 Å². The standard InChI is InChI=1S/C10H12N4S/c1-7-2-3-8(15-7)10-13-12-9-6-11-4-5-14(9)10/h2-3,11H,4-6H2,1H3. The Bertz CT molecular complexity index is 485. The number of hydrogen-bond acceptors (Lipinski definition) is 4. The molecule has 78 valence electrons. The molecule has 1 aliphatic rings. The van der Waals surface area contributed by atoms with Crippen LogP contribution in [0.3, 0.4) is 0 Å². The Labute approximate surface area is 92.0 Å². The van der Waals surface area contributed by atoms with Gasteiger partial charge in [0.25, 0.3) is 0 Å². The Balaban J connectivity index is 2.08. The molecule has 0 bridgehead atoms. The monoisotopic (exact) mass is 220 g/mol. The van der Waals surface area contributed by atoms with Crippen LogP contribution < -0.4 is 5.32 Å². The van der Waals surface area contributed by atoms with E-state index in [0.29, 0.717) is 0 Å². The second kappa shape index (κ2) is 3.43. The van der Waals surface area contributed by atoms with Crippen LogP contribution >= 0.6 is 11.3 Å². The summed E-state index contributed by atoms with van der Waals surface area (Å²) in [6.45, 7) is 4.91. The van der Waals surface area contributed by atoms with Gasteiger partial charge in [-0.05, 0) is 19.1 Å². The Morgan fingerprint density at radius 2 is 2.33 bits per heavy atom. The first kappa shape index (κ1) is 9.06. The highest BCUT2D eigenvalue weighted by molar-refractivity contribution is 7.15. The van der Waals surface area contributed by atoms with E-state index in [-0.39, 0.29) is 0 Å². The van der Waals surface area contributed by atoms with Crippen molar-refractivity contribution in [3.8, 4) is 10.7 Å². The van der Waals surface area contributed by atoms with Crippen LogP contribution in [0.25, 0.3) is 10.7 Å². The zero-order valence-corrected chi connectivity index (χ0v) is 9.34. The maximum atomic E-state index is 4.26. The van der Waals surface area contributed by atoms with Gasteiger partial charge in [-0.25, -0.2) is 0 Å². The van der Waals surface area contributed by atoms with E-state index in [1.165, 1.54) is 9.75 Å². The molecule has 2 aromatic rings. The Morgan fingerprint density at radius 1 is 1.40 bits per heavy atom. The zero-order chi connectivity index (χ0) is 10.3. The summed E-state index contributed by atoms with van der Waals surface area (Å²) in [7, 11) is 0. The van der Waals surface area contributed by atoms with Gasteiger partial charge >= 0.3 is 0 Å². The highest BCUT2D eigenvalue weighted by atomic mass is 32.1. The molecule has 1 N–H and O–H groups in total. The van der Waals surface area contributed by atoms with Crippen molar-refractivity contribution in [1.82, 2.24) is 20.1 Å². The summed E-state index contributed by atoms with van der Waals surface area (Å²) in [5, 5.41) is 11.8. The van der Waals surface area contributed by atoms with Crippen LogP contribution in [0.4, 0.5) is 0 Å². The highest BCUT2D eigenvalue weighted by Gasteiger charge is 2.17. The molecule has 0 saturated heterocycles. The van der Waals surface area contributed by atoms with Gasteiger partial charge in [-0.1, -0.05) is 0 Å². The maximum Gasteiger partial charge on any atom is 0.174 e. The van der Waals surface area contributed by atoms with Crippen LogP contribution in [-0.2, 0) is 13.1 Å². The first-order valence-corrected chi connectivity index (χ1v) is 5.86. The minimum Gasteiger partial charge on any atom is -0.308 e. The Hall–Kier alpha value is -1.20. The number of rotatable bonds is 1. The fourth-order valence-corrected chi connectivity index (χ4v) is 2.69. The maximum absolute atomic E-state index is 4.26. The van der Waals surface area contributed by atoms with Gasteiger partial charge in [-0.3, -0.25) is 0 Å². The zero-order valence-electron chi connectivity index (χ0n) is 8.53. The summed E-state index contributed by atoms with van der Waals surface area (Å²) >= 11 is 1.77. The Kier molecular flexibility index (Phi) is 2.07. The third kappa shape index (κ3) is 1.48. The van der Waals surface area contributed by atoms with E-state index in [9.17, 15) is 0 Å². The third-order valence-electron chi connectivity index (χ3n) is 2.58. The molecule has 0 aromatic carbocycles. The largest absolute Gasteiger partial charge is 0.308 e. The lowest BCUT2D eigenvalue weighted by atomic mass is 10.3. The molecule has 5 heteroatoms. The molecule has 0 atom stereocenters. The normalized spacial score (nSPS) is 15.3. The summed E-state index contributed by atoms with van der Waals surface area (Å²) in [6, 6.07) is 4.25. The smallest absolute Gasteiger partial charge is 0.174 e. The van der Waals surface area contributed by atoms with Crippen LogP contribution in [0, 0.1) is 6.92 Å². The number of aryl methyl sites for hydroxylation is 1. The summed E-state index contributed by atoms with van der Waals surface area (Å²) in [6.07, 6.45) is 0. The molecule has 4 nitrogen and oxygen atoms in total. The van der Waals surface area contributed by atoms with E-state index in [1.807, 2.05) is 0 Å². The first-order chi connectivity index (χ1) is 7.34. The van der Waals surface area contributed by atoms with Gasteiger partial charge < -0.3 is 9.88 Å². The highest BCUT2D eigenvalue weighted by Crippen LogP contribution is 2.27. The van der Waals surface area contributed by atoms with E-state index in [1.54, 1.807) is 11.3 Å². The molecule has 0 aliphatic carbocycles. The Morgan fingerprint density at radius 3 is 3.13 bits per heavy atom. The molecule has 0 fully saturated rings. The minimum absolute atomic E-state index is 0.831. The fraction of sp³-hybridized carbons (Fsp3) is 0.400. The summed E-state index contributed by atoms with van der Waals surface area (Å²) < 4.78 is 2.21. The second-order valence-electron chi connectivity index (χ2n) is 3.68. The molecular formula is C10H12N4S. The molecule has 0 unspecified atom stereocenters. The molecule has 0 spiro atoms. The van der Waals surface area contributed by atoms with Crippen molar-refractivity contribution in [3.63, 3.8) is 0 Å². The van der Waals surface area contributed by atoms with E-state index in [4.69, 9.17) is 0 Å². The van der Waals surface area contributed by atoms with Gasteiger partial charge in [0.1, 0.15) is 5.82 Å². The lowest BCUT2D eigenvalue weighted by Crippen LogP contribution is -2.28. The SMILES string of the molecule is Cc1ccc(-c2nnc3n2CCNC3)s1. The number of nitrogens with one attached hydrogen (secondary N) is 1. The molecular weight excluding hydrogens is 208 g/mol. The number of aromatic nitrogens is 3. The average molecular weight is 220 g/mol. The minimum atomic E-state index is 0.831. The molecule has 1 aliphatic heterocycles. The average Bonchev–Trinajstić information content (AvgIpc) is 2.83. The van der Waals surface area contributed by atoms with Crippen LogP contribution in [0.1, 0.15) is 10.7 Å². The molecule has 0 saturated carbocycles. The lowest BCUT2D eigenvalue weighted by Gasteiger charge is -2.15. The second-order valence-corrected chi connectivity index (χ2v) is 4.97. The van der Waals surface area contributed by atoms with Crippen molar-refractivity contribution in [2.45, 2.75) is 20.0 Å². The van der Waals surface area contributed by atoms with Crippen LogP contribution in [0.5, 0.6) is 0 Å². The molecule has 15 heavy (non-hydrogen) atoms. The van der Waals surface area contributed by atoms with Gasteiger partial charge in [-0.15, -0.1) is 21.5 Å². The lowest BCUT2D eigenvalue weighted by molar-refractivity contribution is 0.508. The van der Waals surface area contributed by atoms with Crippen molar-refractivity contribution < 1.29 is 0 Å². The summed E-state index contributed by atoms with van der Waals surface area (Å²) in [5.74, 6) is 2.06.